The highest BCUT2D eigenvalue weighted by Gasteiger charge is 2.44. The number of carbonyl (C=O) groups excluding carboxylic acids is 2. The van der Waals surface area contributed by atoms with Crippen LogP contribution in [-0.2, 0) is 9.59 Å². The number of hydrogen-bond donors (Lipinski definition) is 1. The van der Waals surface area contributed by atoms with Crippen LogP contribution in [0, 0.1) is 0 Å². The molecule has 1 aliphatic rings. The highest BCUT2D eigenvalue weighted by Crippen LogP contribution is 2.41. The van der Waals surface area contributed by atoms with Crippen LogP contribution < -0.4 is 24.2 Å². The highest BCUT2D eigenvalue weighted by molar-refractivity contribution is 6.46. The normalized spacial score (nSPS) is 17.2. The van der Waals surface area contributed by atoms with E-state index < -0.39 is 23.5 Å². The molecule has 2 aromatic carbocycles. The van der Waals surface area contributed by atoms with Crippen molar-refractivity contribution in [1.29, 1.82) is 0 Å². The van der Waals surface area contributed by atoms with Gasteiger partial charge in [0, 0.05) is 5.57 Å². The zero-order valence-electron chi connectivity index (χ0n) is 21.1. The summed E-state index contributed by atoms with van der Waals surface area (Å²) < 4.78 is 16.3. The van der Waals surface area contributed by atoms with Gasteiger partial charge in [0.05, 0.1) is 53.0 Å². The molecule has 1 N–H and O–H groups in total. The van der Waals surface area contributed by atoms with Crippen LogP contribution >= 0.6 is 0 Å². The lowest BCUT2D eigenvalue weighted by Gasteiger charge is -2.29. The molecule has 3 rings (SSSR count). The van der Waals surface area contributed by atoms with Crippen LogP contribution in [0.5, 0.6) is 17.2 Å². The Balaban J connectivity index is 2.13. The largest absolute Gasteiger partial charge is 0.872 e. The summed E-state index contributed by atoms with van der Waals surface area (Å²) in [4.78, 5) is 29.2. The fraction of sp³-hybridized carbons (Fsp3) is 0.407. The van der Waals surface area contributed by atoms with Crippen molar-refractivity contribution in [2.45, 2.75) is 26.8 Å². The van der Waals surface area contributed by atoms with Crippen LogP contribution in [-0.4, -0.2) is 63.6 Å². The molecule has 8 heteroatoms. The summed E-state index contributed by atoms with van der Waals surface area (Å²) in [5.74, 6) is -0.277. The van der Waals surface area contributed by atoms with Gasteiger partial charge in [-0.05, 0) is 56.2 Å². The van der Waals surface area contributed by atoms with Gasteiger partial charge in [-0.25, -0.2) is 0 Å². The minimum atomic E-state index is -0.816. The van der Waals surface area contributed by atoms with E-state index in [4.69, 9.17) is 14.2 Å². The third-order valence-corrected chi connectivity index (χ3v) is 6.39. The molecule has 1 amide bonds. The Morgan fingerprint density at radius 3 is 2.23 bits per heavy atom. The Bertz CT molecular complexity index is 1080. The molecule has 35 heavy (non-hydrogen) atoms. The average molecular weight is 483 g/mol. The number of carbonyl (C=O) groups is 2. The number of ether oxygens (including phenoxy) is 3. The number of methoxy groups -OCH3 is 2. The maximum atomic E-state index is 13.6. The van der Waals surface area contributed by atoms with Gasteiger partial charge in [0.1, 0.15) is 5.75 Å². The molecule has 0 aromatic heterocycles. The molecule has 1 saturated heterocycles. The smallest absolute Gasteiger partial charge is 0.295 e. The second-order valence-electron chi connectivity index (χ2n) is 8.25. The summed E-state index contributed by atoms with van der Waals surface area (Å²) in [7, 11) is 3.07. The molecule has 0 aliphatic carbocycles. The summed E-state index contributed by atoms with van der Waals surface area (Å²) >= 11 is 0. The first-order valence-electron chi connectivity index (χ1n) is 11.9. The number of nitrogens with one attached hydrogen (secondary N) is 1. The third kappa shape index (κ3) is 5.43. The van der Waals surface area contributed by atoms with E-state index in [2.05, 4.69) is 13.8 Å². The van der Waals surface area contributed by atoms with Crippen molar-refractivity contribution in [3.63, 3.8) is 0 Å². The van der Waals surface area contributed by atoms with E-state index in [9.17, 15) is 14.7 Å². The lowest BCUT2D eigenvalue weighted by molar-refractivity contribution is -0.895. The van der Waals surface area contributed by atoms with E-state index in [0.717, 1.165) is 13.1 Å². The van der Waals surface area contributed by atoms with Crippen LogP contribution in [0.2, 0.25) is 0 Å². The molecule has 188 valence electrons. The molecule has 1 unspecified atom stereocenters. The predicted molar refractivity (Wildman–Crippen MR) is 130 cm³/mol. The number of rotatable bonds is 11. The fourth-order valence-electron chi connectivity index (χ4n) is 4.36. The topological polar surface area (TPSA) is 92.6 Å². The fourth-order valence-corrected chi connectivity index (χ4v) is 4.36. The van der Waals surface area contributed by atoms with E-state index in [1.165, 1.54) is 24.0 Å². The SMILES string of the molecule is CCOc1ccc(C2/C(=C(\[O-])c3ccc(OC)cc3)C(=O)C(=O)N2CC[NH+](CC)CC)cc1OC. The predicted octanol–water partition coefficient (Wildman–Crippen LogP) is 1.25. The zero-order chi connectivity index (χ0) is 25.5. The number of quaternary nitrogens is 1. The van der Waals surface area contributed by atoms with Crippen LogP contribution in [0.25, 0.3) is 5.76 Å². The first-order chi connectivity index (χ1) is 16.9. The van der Waals surface area contributed by atoms with Crippen molar-refractivity contribution in [1.82, 2.24) is 4.90 Å². The number of likely N-dealkylation sites (N-methyl/N-ethyl adjacent to an activating group) is 1. The van der Waals surface area contributed by atoms with Crippen molar-refractivity contribution in [3.05, 3.63) is 59.2 Å². The monoisotopic (exact) mass is 482 g/mol. The number of likely N-dealkylation sites (tertiary alicyclic amines) is 1. The number of Topliss-reactive ketones (excluding diaryl/α,β-unsaturated/α-hetero) is 1. The van der Waals surface area contributed by atoms with Gasteiger partial charge in [-0.1, -0.05) is 24.0 Å². The van der Waals surface area contributed by atoms with Crippen molar-refractivity contribution in [3.8, 4) is 17.2 Å². The minimum absolute atomic E-state index is 0.0547. The molecule has 2 aromatic rings. The number of amides is 1. The maximum Gasteiger partial charge on any atom is 0.295 e. The van der Waals surface area contributed by atoms with Gasteiger partial charge in [0.15, 0.2) is 11.5 Å². The van der Waals surface area contributed by atoms with Gasteiger partial charge >= 0.3 is 0 Å². The molecule has 0 saturated carbocycles. The van der Waals surface area contributed by atoms with Crippen LogP contribution in [0.3, 0.4) is 0 Å². The number of benzene rings is 2. The Labute approximate surface area is 206 Å². The maximum absolute atomic E-state index is 13.6. The molecule has 1 heterocycles. The summed E-state index contributed by atoms with van der Waals surface area (Å²) in [6.07, 6.45) is 0. The number of nitrogens with zero attached hydrogens (tertiary/aromatic N) is 1. The summed E-state index contributed by atoms with van der Waals surface area (Å²) in [6.45, 7) is 9.30. The van der Waals surface area contributed by atoms with Crippen molar-refractivity contribution in [2.75, 3.05) is 47.0 Å². The van der Waals surface area contributed by atoms with E-state index in [0.29, 0.717) is 48.1 Å². The van der Waals surface area contributed by atoms with Gasteiger partial charge < -0.3 is 29.1 Å². The van der Waals surface area contributed by atoms with Gasteiger partial charge in [0.25, 0.3) is 5.91 Å². The van der Waals surface area contributed by atoms with Crippen molar-refractivity contribution < 1.29 is 33.8 Å². The Morgan fingerprint density at radius 1 is 0.971 bits per heavy atom. The van der Waals surface area contributed by atoms with E-state index in [1.54, 1.807) is 42.5 Å². The lowest BCUT2D eigenvalue weighted by Crippen LogP contribution is -3.12. The summed E-state index contributed by atoms with van der Waals surface area (Å²) in [5.41, 5.74) is 0.887. The molecule has 1 atom stereocenters. The molecular weight excluding hydrogens is 448 g/mol. The zero-order valence-corrected chi connectivity index (χ0v) is 21.1. The molecule has 0 spiro atoms. The highest BCUT2D eigenvalue weighted by atomic mass is 16.5. The second kappa shape index (κ2) is 11.8. The van der Waals surface area contributed by atoms with Gasteiger partial charge in [-0.2, -0.15) is 0 Å². The lowest BCUT2D eigenvalue weighted by atomic mass is 9.95. The Kier molecular flexibility index (Phi) is 8.76. The molecule has 0 radical (unpaired) electrons. The van der Waals surface area contributed by atoms with E-state index in [1.807, 2.05) is 6.92 Å². The Morgan fingerprint density at radius 2 is 1.66 bits per heavy atom. The molecular formula is C27H34N2O6. The van der Waals surface area contributed by atoms with E-state index in [-0.39, 0.29) is 5.57 Å². The second-order valence-corrected chi connectivity index (χ2v) is 8.25. The van der Waals surface area contributed by atoms with Crippen molar-refractivity contribution >= 4 is 17.4 Å². The summed E-state index contributed by atoms with van der Waals surface area (Å²) in [6, 6.07) is 11.0. The third-order valence-electron chi connectivity index (χ3n) is 6.39. The standard InChI is InChI=1S/C27H34N2O6/c1-6-28(7-2)15-16-29-24(19-11-14-21(35-8-3)22(17-19)34-5)23(26(31)27(29)32)25(30)18-9-12-20(33-4)13-10-18/h9-14,17,24,30H,6-8,15-16H2,1-5H3/b25-23+. The van der Waals surface area contributed by atoms with Gasteiger partial charge in [0.2, 0.25) is 5.78 Å². The first kappa shape index (κ1) is 26.1. The van der Waals surface area contributed by atoms with Gasteiger partial charge in [-0.3, -0.25) is 9.59 Å². The van der Waals surface area contributed by atoms with Gasteiger partial charge in [-0.15, -0.1) is 0 Å². The van der Waals surface area contributed by atoms with E-state index >= 15 is 0 Å². The summed E-state index contributed by atoms with van der Waals surface area (Å²) in [5, 5.41) is 13.6. The quantitative estimate of drug-likeness (QED) is 0.295. The Hall–Kier alpha value is -3.52. The average Bonchev–Trinajstić information content (AvgIpc) is 3.14. The molecule has 1 aliphatic heterocycles. The molecule has 8 nitrogen and oxygen atoms in total. The first-order valence-corrected chi connectivity index (χ1v) is 11.9. The number of hydrogen-bond acceptors (Lipinski definition) is 6. The van der Waals surface area contributed by atoms with Crippen molar-refractivity contribution in [2.24, 2.45) is 0 Å². The molecule has 0 bridgehead atoms. The molecule has 1 fully saturated rings. The number of ketones is 1. The van der Waals surface area contributed by atoms with Crippen LogP contribution in [0.1, 0.15) is 37.9 Å². The minimum Gasteiger partial charge on any atom is -0.872 e. The van der Waals surface area contributed by atoms with Crippen LogP contribution in [0.15, 0.2) is 48.0 Å². The van der Waals surface area contributed by atoms with Crippen LogP contribution in [0.4, 0.5) is 0 Å².